The predicted octanol–water partition coefficient (Wildman–Crippen LogP) is 3.36. The van der Waals surface area contributed by atoms with Crippen molar-refractivity contribution in [2.24, 2.45) is 0 Å². The average Bonchev–Trinajstić information content (AvgIpc) is 2.68. The molecule has 1 aliphatic heterocycles. The van der Waals surface area contributed by atoms with Gasteiger partial charge in [-0.25, -0.2) is 8.42 Å². The van der Waals surface area contributed by atoms with E-state index in [1.165, 1.54) is 5.56 Å². The van der Waals surface area contributed by atoms with E-state index in [1.807, 2.05) is 31.3 Å². The molecule has 0 saturated carbocycles. The minimum atomic E-state index is -3.44. The number of rotatable bonds is 3. The van der Waals surface area contributed by atoms with Crippen LogP contribution >= 0.6 is 0 Å². The molecule has 2 aromatic carbocycles. The fourth-order valence-corrected chi connectivity index (χ4v) is 4.97. The number of sulfonamides is 1. The molecule has 0 unspecified atom stereocenters. The summed E-state index contributed by atoms with van der Waals surface area (Å²) < 4.78 is 27.4. The Balaban J connectivity index is 1.55. The first-order valence-corrected chi connectivity index (χ1v) is 10.6. The molecule has 140 valence electrons. The number of benzene rings is 2. The van der Waals surface area contributed by atoms with Crippen LogP contribution in [0.2, 0.25) is 0 Å². The van der Waals surface area contributed by atoms with Crippen LogP contribution in [0.1, 0.15) is 11.1 Å². The van der Waals surface area contributed by atoms with Crippen LogP contribution in [0.25, 0.3) is 10.9 Å². The number of hydrogen-bond acceptors (Lipinski definition) is 4. The third kappa shape index (κ3) is 3.42. The first kappa shape index (κ1) is 17.9. The van der Waals surface area contributed by atoms with Gasteiger partial charge in [0.2, 0.25) is 10.0 Å². The van der Waals surface area contributed by atoms with Crippen LogP contribution in [0, 0.1) is 13.8 Å². The number of pyridine rings is 1. The molecule has 0 bridgehead atoms. The van der Waals surface area contributed by atoms with Crippen molar-refractivity contribution in [3.05, 3.63) is 65.9 Å². The predicted molar refractivity (Wildman–Crippen MR) is 109 cm³/mol. The maximum atomic E-state index is 12.9. The lowest BCUT2D eigenvalue weighted by atomic mass is 10.1. The van der Waals surface area contributed by atoms with Crippen LogP contribution in [0.3, 0.4) is 0 Å². The van der Waals surface area contributed by atoms with Gasteiger partial charge in [0.05, 0.1) is 10.4 Å². The van der Waals surface area contributed by atoms with Crippen LogP contribution in [-0.2, 0) is 10.0 Å². The van der Waals surface area contributed by atoms with E-state index in [-0.39, 0.29) is 0 Å². The molecule has 0 radical (unpaired) electrons. The third-order valence-electron chi connectivity index (χ3n) is 5.11. The molecule has 0 amide bonds. The average molecular weight is 382 g/mol. The zero-order valence-corrected chi connectivity index (χ0v) is 16.4. The number of aryl methyl sites for hydroxylation is 2. The first-order chi connectivity index (χ1) is 12.9. The van der Waals surface area contributed by atoms with Gasteiger partial charge in [0.1, 0.15) is 0 Å². The Hall–Kier alpha value is -2.44. The van der Waals surface area contributed by atoms with Crippen LogP contribution in [0.5, 0.6) is 0 Å². The molecule has 4 rings (SSSR count). The van der Waals surface area contributed by atoms with Crippen LogP contribution in [-0.4, -0.2) is 43.9 Å². The Kier molecular flexibility index (Phi) is 4.61. The molecule has 1 fully saturated rings. The Labute approximate surface area is 160 Å². The van der Waals surface area contributed by atoms with E-state index in [0.29, 0.717) is 31.1 Å². The number of piperazine rings is 1. The Morgan fingerprint density at radius 3 is 2.22 bits per heavy atom. The lowest BCUT2D eigenvalue weighted by molar-refractivity contribution is 0.385. The molecule has 2 heterocycles. The van der Waals surface area contributed by atoms with Crippen molar-refractivity contribution in [2.45, 2.75) is 18.7 Å². The zero-order chi connectivity index (χ0) is 19.0. The smallest absolute Gasteiger partial charge is 0.243 e. The summed E-state index contributed by atoms with van der Waals surface area (Å²) in [6.07, 6.45) is 1.83. The highest BCUT2D eigenvalue weighted by Gasteiger charge is 2.28. The molecule has 0 aliphatic carbocycles. The molecule has 6 heteroatoms. The summed E-state index contributed by atoms with van der Waals surface area (Å²) in [5.74, 6) is 0. The molecule has 27 heavy (non-hydrogen) atoms. The normalized spacial score (nSPS) is 16.0. The van der Waals surface area contributed by atoms with Gasteiger partial charge in [-0.05, 0) is 43.7 Å². The summed E-state index contributed by atoms with van der Waals surface area (Å²) in [6, 6.07) is 15.3. The highest BCUT2D eigenvalue weighted by atomic mass is 32.2. The van der Waals surface area contributed by atoms with Gasteiger partial charge in [-0.1, -0.05) is 29.8 Å². The van der Waals surface area contributed by atoms with Crippen LogP contribution in [0.4, 0.5) is 5.69 Å². The van der Waals surface area contributed by atoms with Gasteiger partial charge in [0.15, 0.2) is 0 Å². The van der Waals surface area contributed by atoms with Crippen molar-refractivity contribution in [1.29, 1.82) is 0 Å². The van der Waals surface area contributed by atoms with E-state index < -0.39 is 10.0 Å². The molecule has 1 aromatic heterocycles. The van der Waals surface area contributed by atoms with Crippen molar-refractivity contribution in [2.75, 3.05) is 31.1 Å². The zero-order valence-electron chi connectivity index (χ0n) is 15.6. The Morgan fingerprint density at radius 2 is 1.52 bits per heavy atom. The maximum Gasteiger partial charge on any atom is 0.243 e. The molecule has 0 atom stereocenters. The number of aromatic nitrogens is 1. The quantitative estimate of drug-likeness (QED) is 0.698. The SMILES string of the molecule is Cc1ccc(S(=O)(=O)N2CCN(c3ccnc4cc(C)ccc34)CC2)cc1. The lowest BCUT2D eigenvalue weighted by Crippen LogP contribution is -2.48. The minimum absolute atomic E-state index is 0.367. The van der Waals surface area contributed by atoms with E-state index in [4.69, 9.17) is 0 Å². The molecule has 1 aliphatic rings. The fraction of sp³-hybridized carbons (Fsp3) is 0.286. The topological polar surface area (TPSA) is 53.5 Å². The summed E-state index contributed by atoms with van der Waals surface area (Å²) in [4.78, 5) is 7.08. The lowest BCUT2D eigenvalue weighted by Gasteiger charge is -2.35. The number of nitrogens with zero attached hydrogens (tertiary/aromatic N) is 3. The van der Waals surface area contributed by atoms with Gasteiger partial charge in [0.25, 0.3) is 0 Å². The summed E-state index contributed by atoms with van der Waals surface area (Å²) in [7, 11) is -3.44. The van der Waals surface area contributed by atoms with Crippen LogP contribution in [0.15, 0.2) is 59.6 Å². The second-order valence-electron chi connectivity index (χ2n) is 7.05. The molecule has 0 N–H and O–H groups in total. The highest BCUT2D eigenvalue weighted by molar-refractivity contribution is 7.89. The molecule has 1 saturated heterocycles. The number of anilines is 1. The summed E-state index contributed by atoms with van der Waals surface area (Å²) in [6.45, 7) is 6.30. The van der Waals surface area contributed by atoms with Crippen molar-refractivity contribution >= 4 is 26.6 Å². The second-order valence-corrected chi connectivity index (χ2v) is 8.99. The largest absolute Gasteiger partial charge is 0.368 e. The van der Waals surface area contributed by atoms with Gasteiger partial charge in [-0.15, -0.1) is 0 Å². The Morgan fingerprint density at radius 1 is 0.852 bits per heavy atom. The molecular formula is C21H23N3O2S. The highest BCUT2D eigenvalue weighted by Crippen LogP contribution is 2.28. The first-order valence-electron chi connectivity index (χ1n) is 9.12. The van der Waals surface area contributed by atoms with E-state index in [0.717, 1.165) is 22.2 Å². The van der Waals surface area contributed by atoms with Crippen molar-refractivity contribution in [3.8, 4) is 0 Å². The second kappa shape index (κ2) is 6.94. The van der Waals surface area contributed by atoms with Gasteiger partial charge >= 0.3 is 0 Å². The van der Waals surface area contributed by atoms with E-state index >= 15 is 0 Å². The van der Waals surface area contributed by atoms with Gasteiger partial charge in [-0.3, -0.25) is 4.98 Å². The Bertz CT molecular complexity index is 1070. The summed E-state index contributed by atoms with van der Waals surface area (Å²) >= 11 is 0. The summed E-state index contributed by atoms with van der Waals surface area (Å²) in [5.41, 5.74) is 4.33. The number of fused-ring (bicyclic) bond motifs is 1. The monoisotopic (exact) mass is 381 g/mol. The minimum Gasteiger partial charge on any atom is -0.368 e. The van der Waals surface area contributed by atoms with E-state index in [2.05, 4.69) is 35.0 Å². The molecule has 5 nitrogen and oxygen atoms in total. The van der Waals surface area contributed by atoms with Gasteiger partial charge in [-0.2, -0.15) is 4.31 Å². The standard InChI is InChI=1S/C21H23N3O2S/c1-16-3-6-18(7-4-16)27(25,26)24-13-11-23(12-14-24)21-9-10-22-20-15-17(2)5-8-19(20)21/h3-10,15H,11-14H2,1-2H3. The maximum absolute atomic E-state index is 12.9. The number of hydrogen-bond donors (Lipinski definition) is 0. The molecule has 0 spiro atoms. The van der Waals surface area contributed by atoms with Crippen molar-refractivity contribution in [3.63, 3.8) is 0 Å². The van der Waals surface area contributed by atoms with Gasteiger partial charge in [0, 0.05) is 43.4 Å². The van der Waals surface area contributed by atoms with Gasteiger partial charge < -0.3 is 4.90 Å². The molecule has 3 aromatic rings. The van der Waals surface area contributed by atoms with E-state index in [9.17, 15) is 8.42 Å². The van der Waals surface area contributed by atoms with Crippen LogP contribution < -0.4 is 4.90 Å². The van der Waals surface area contributed by atoms with Crippen molar-refractivity contribution in [1.82, 2.24) is 9.29 Å². The third-order valence-corrected chi connectivity index (χ3v) is 7.03. The fourth-order valence-electron chi connectivity index (χ4n) is 3.55. The summed E-state index contributed by atoms with van der Waals surface area (Å²) in [5, 5.41) is 1.11. The van der Waals surface area contributed by atoms with E-state index in [1.54, 1.807) is 16.4 Å². The molecular weight excluding hydrogens is 358 g/mol. The van der Waals surface area contributed by atoms with Crippen molar-refractivity contribution < 1.29 is 8.42 Å².